The van der Waals surface area contributed by atoms with E-state index in [1.54, 1.807) is 13.2 Å². The number of aryl methyl sites for hydroxylation is 1. The SMILES string of the molecule is CSc1n[nH]c(C)c1[N+](=O)[O-]. The summed E-state index contributed by atoms with van der Waals surface area (Å²) in [4.78, 5) is 9.97. The van der Waals surface area contributed by atoms with Crippen molar-refractivity contribution in [2.75, 3.05) is 6.26 Å². The summed E-state index contributed by atoms with van der Waals surface area (Å²) < 4.78 is 0. The van der Waals surface area contributed by atoms with Gasteiger partial charge in [0.15, 0.2) is 5.03 Å². The normalized spacial score (nSPS) is 10.0. The van der Waals surface area contributed by atoms with Gasteiger partial charge in [-0.05, 0) is 13.2 Å². The third-order valence-electron chi connectivity index (χ3n) is 1.26. The molecule has 11 heavy (non-hydrogen) atoms. The number of hydrogen-bond donors (Lipinski definition) is 1. The molecule has 5 nitrogen and oxygen atoms in total. The van der Waals surface area contributed by atoms with Gasteiger partial charge in [-0.2, -0.15) is 5.10 Å². The van der Waals surface area contributed by atoms with Crippen LogP contribution in [0.2, 0.25) is 0 Å². The van der Waals surface area contributed by atoms with Crippen LogP contribution in [0.1, 0.15) is 5.69 Å². The average Bonchev–Trinajstić information content (AvgIpc) is 2.30. The van der Waals surface area contributed by atoms with Crippen molar-refractivity contribution in [2.45, 2.75) is 11.9 Å². The van der Waals surface area contributed by atoms with Gasteiger partial charge < -0.3 is 0 Å². The Morgan fingerprint density at radius 1 is 1.73 bits per heavy atom. The summed E-state index contributed by atoms with van der Waals surface area (Å²) in [5.74, 6) is 0. The molecule has 0 amide bonds. The van der Waals surface area contributed by atoms with Crippen LogP contribution in [-0.2, 0) is 0 Å². The molecule has 0 aliphatic carbocycles. The van der Waals surface area contributed by atoms with Crippen molar-refractivity contribution < 1.29 is 4.92 Å². The van der Waals surface area contributed by atoms with Gasteiger partial charge in [-0.15, -0.1) is 11.8 Å². The summed E-state index contributed by atoms with van der Waals surface area (Å²) in [6.07, 6.45) is 1.75. The fraction of sp³-hybridized carbons (Fsp3) is 0.400. The average molecular weight is 173 g/mol. The van der Waals surface area contributed by atoms with Crippen molar-refractivity contribution >= 4 is 17.4 Å². The zero-order valence-electron chi connectivity index (χ0n) is 6.12. The van der Waals surface area contributed by atoms with Gasteiger partial charge in [0.25, 0.3) is 0 Å². The van der Waals surface area contributed by atoms with Crippen LogP contribution in [0.25, 0.3) is 0 Å². The van der Waals surface area contributed by atoms with E-state index < -0.39 is 4.92 Å². The number of aromatic nitrogens is 2. The molecule has 0 radical (unpaired) electrons. The monoisotopic (exact) mass is 173 g/mol. The van der Waals surface area contributed by atoms with Gasteiger partial charge in [-0.1, -0.05) is 0 Å². The highest BCUT2D eigenvalue weighted by atomic mass is 32.2. The van der Waals surface area contributed by atoms with Crippen molar-refractivity contribution in [1.82, 2.24) is 10.2 Å². The Bertz CT molecular complexity index is 283. The van der Waals surface area contributed by atoms with Crippen LogP contribution in [0.5, 0.6) is 0 Å². The first-order valence-electron chi connectivity index (χ1n) is 2.90. The quantitative estimate of drug-likeness (QED) is 0.416. The molecule has 0 aliphatic rings. The van der Waals surface area contributed by atoms with Gasteiger partial charge in [0.1, 0.15) is 5.69 Å². The molecule has 0 saturated carbocycles. The molecule has 0 fully saturated rings. The molecule has 1 aromatic heterocycles. The van der Waals surface area contributed by atoms with E-state index in [1.807, 2.05) is 0 Å². The van der Waals surface area contributed by atoms with E-state index in [2.05, 4.69) is 10.2 Å². The second-order valence-electron chi connectivity index (χ2n) is 1.96. The Morgan fingerprint density at radius 2 is 2.36 bits per heavy atom. The Balaban J connectivity index is 3.17. The highest BCUT2D eigenvalue weighted by Gasteiger charge is 2.19. The maximum Gasteiger partial charge on any atom is 0.323 e. The molecule has 1 aromatic rings. The third kappa shape index (κ3) is 1.35. The smallest absolute Gasteiger partial charge is 0.275 e. The molecule has 1 N–H and O–H groups in total. The van der Waals surface area contributed by atoms with E-state index in [-0.39, 0.29) is 5.69 Å². The summed E-state index contributed by atoms with van der Waals surface area (Å²) in [6, 6.07) is 0. The lowest BCUT2D eigenvalue weighted by Crippen LogP contribution is -1.89. The molecular formula is C5H7N3O2S. The van der Waals surface area contributed by atoms with Crippen LogP contribution in [0.15, 0.2) is 5.03 Å². The summed E-state index contributed by atoms with van der Waals surface area (Å²) >= 11 is 1.26. The number of nitro groups is 1. The molecule has 1 heterocycles. The second-order valence-corrected chi connectivity index (χ2v) is 2.76. The Morgan fingerprint density at radius 3 is 2.73 bits per heavy atom. The second kappa shape index (κ2) is 2.91. The highest BCUT2D eigenvalue weighted by molar-refractivity contribution is 7.98. The topological polar surface area (TPSA) is 71.8 Å². The summed E-state index contributed by atoms with van der Waals surface area (Å²) in [5, 5.41) is 17.1. The first-order valence-corrected chi connectivity index (χ1v) is 4.12. The van der Waals surface area contributed by atoms with Gasteiger partial charge in [0.2, 0.25) is 0 Å². The Labute approximate surface area is 67.3 Å². The van der Waals surface area contributed by atoms with Crippen LogP contribution in [0, 0.1) is 17.0 Å². The number of H-pyrrole nitrogens is 1. The van der Waals surface area contributed by atoms with Crippen molar-refractivity contribution in [2.24, 2.45) is 0 Å². The molecule has 0 bridgehead atoms. The van der Waals surface area contributed by atoms with Gasteiger partial charge in [0.05, 0.1) is 4.92 Å². The highest BCUT2D eigenvalue weighted by Crippen LogP contribution is 2.27. The van der Waals surface area contributed by atoms with E-state index in [0.29, 0.717) is 10.7 Å². The van der Waals surface area contributed by atoms with Crippen LogP contribution >= 0.6 is 11.8 Å². The maximum absolute atomic E-state index is 10.4. The lowest BCUT2D eigenvalue weighted by molar-refractivity contribution is -0.388. The fourth-order valence-electron chi connectivity index (χ4n) is 0.758. The number of nitrogens with zero attached hydrogens (tertiary/aromatic N) is 2. The molecule has 60 valence electrons. The first kappa shape index (κ1) is 8.06. The van der Waals surface area contributed by atoms with Crippen LogP contribution in [0.4, 0.5) is 5.69 Å². The summed E-state index contributed by atoms with van der Waals surface area (Å²) in [7, 11) is 0. The summed E-state index contributed by atoms with van der Waals surface area (Å²) in [5.41, 5.74) is 0.580. The largest absolute Gasteiger partial charge is 0.323 e. The molecule has 0 spiro atoms. The van der Waals surface area contributed by atoms with E-state index in [1.165, 1.54) is 11.8 Å². The van der Waals surface area contributed by atoms with Crippen LogP contribution < -0.4 is 0 Å². The minimum atomic E-state index is -0.426. The predicted octanol–water partition coefficient (Wildman–Crippen LogP) is 1.35. The molecule has 1 rings (SSSR count). The van der Waals surface area contributed by atoms with Crippen molar-refractivity contribution in [3.63, 3.8) is 0 Å². The zero-order valence-corrected chi connectivity index (χ0v) is 6.94. The standard InChI is InChI=1S/C5H7N3O2S/c1-3-4(8(9)10)5(11-2)7-6-3/h1-2H3,(H,6,7). The third-order valence-corrected chi connectivity index (χ3v) is 1.93. The molecule has 0 aliphatic heterocycles. The zero-order chi connectivity index (χ0) is 8.43. The number of thioether (sulfide) groups is 1. The maximum atomic E-state index is 10.4. The lowest BCUT2D eigenvalue weighted by atomic mass is 10.4. The van der Waals surface area contributed by atoms with E-state index >= 15 is 0 Å². The molecule has 6 heteroatoms. The van der Waals surface area contributed by atoms with Gasteiger partial charge in [-0.3, -0.25) is 15.2 Å². The molecule has 0 atom stereocenters. The predicted molar refractivity (Wildman–Crippen MR) is 41.8 cm³/mol. The van der Waals surface area contributed by atoms with Gasteiger partial charge in [0, 0.05) is 0 Å². The molecule has 0 saturated heterocycles. The van der Waals surface area contributed by atoms with Gasteiger partial charge in [-0.25, -0.2) is 0 Å². The minimum Gasteiger partial charge on any atom is -0.275 e. The number of rotatable bonds is 2. The van der Waals surface area contributed by atoms with Gasteiger partial charge >= 0.3 is 5.69 Å². The Hall–Kier alpha value is -1.04. The number of nitrogens with one attached hydrogen (secondary N) is 1. The summed E-state index contributed by atoms with van der Waals surface area (Å²) in [6.45, 7) is 1.63. The lowest BCUT2D eigenvalue weighted by Gasteiger charge is -1.88. The van der Waals surface area contributed by atoms with Crippen LogP contribution in [0.3, 0.4) is 0 Å². The molecule has 0 unspecified atom stereocenters. The Kier molecular flexibility index (Phi) is 2.13. The van der Waals surface area contributed by atoms with Crippen molar-refractivity contribution in [3.05, 3.63) is 15.8 Å². The molecule has 0 aromatic carbocycles. The number of hydrogen-bond acceptors (Lipinski definition) is 4. The minimum absolute atomic E-state index is 0.0810. The van der Waals surface area contributed by atoms with E-state index in [4.69, 9.17) is 0 Å². The van der Waals surface area contributed by atoms with E-state index in [0.717, 1.165) is 0 Å². The van der Waals surface area contributed by atoms with Crippen LogP contribution in [-0.4, -0.2) is 21.4 Å². The number of aromatic amines is 1. The van der Waals surface area contributed by atoms with Crippen molar-refractivity contribution in [3.8, 4) is 0 Å². The first-order chi connectivity index (χ1) is 5.16. The van der Waals surface area contributed by atoms with E-state index in [9.17, 15) is 10.1 Å². The van der Waals surface area contributed by atoms with Crippen molar-refractivity contribution in [1.29, 1.82) is 0 Å². The molecular weight excluding hydrogens is 166 g/mol. The fourth-order valence-corrected chi connectivity index (χ4v) is 1.32.